The maximum absolute atomic E-state index is 10.9. The molecule has 2 fully saturated rings. The summed E-state index contributed by atoms with van der Waals surface area (Å²) in [5, 5.41) is 10.9. The second-order valence-corrected chi connectivity index (χ2v) is 7.35. The highest BCUT2D eigenvalue weighted by Gasteiger charge is 2.39. The van der Waals surface area contributed by atoms with E-state index in [-0.39, 0.29) is 5.60 Å². The van der Waals surface area contributed by atoms with Crippen molar-refractivity contribution in [2.45, 2.75) is 44.3 Å². The predicted molar refractivity (Wildman–Crippen MR) is 84.2 cm³/mol. The fourth-order valence-electron chi connectivity index (χ4n) is 3.89. The summed E-state index contributed by atoms with van der Waals surface area (Å²) in [6.07, 6.45) is 3.10. The molecular formula is C18H27NO2. The topological polar surface area (TPSA) is 32.7 Å². The Labute approximate surface area is 127 Å². The van der Waals surface area contributed by atoms with Crippen molar-refractivity contribution >= 4 is 0 Å². The second-order valence-electron chi connectivity index (χ2n) is 7.35. The molecule has 1 N–H and O–H groups in total. The summed E-state index contributed by atoms with van der Waals surface area (Å²) in [6, 6.07) is 10.1. The molecule has 3 rings (SSSR count). The van der Waals surface area contributed by atoms with Crippen molar-refractivity contribution in [3.05, 3.63) is 35.9 Å². The molecule has 2 atom stereocenters. The van der Waals surface area contributed by atoms with E-state index < -0.39 is 5.60 Å². The Morgan fingerprint density at radius 2 is 2.05 bits per heavy atom. The monoisotopic (exact) mass is 289 g/mol. The normalized spacial score (nSPS) is 33.2. The van der Waals surface area contributed by atoms with Gasteiger partial charge in [-0.05, 0) is 44.6 Å². The Balaban J connectivity index is 1.60. The fourth-order valence-corrected chi connectivity index (χ4v) is 3.89. The number of rotatable bonds is 3. The van der Waals surface area contributed by atoms with Gasteiger partial charge in [0.2, 0.25) is 0 Å². The highest BCUT2D eigenvalue weighted by Crippen LogP contribution is 2.34. The van der Waals surface area contributed by atoms with E-state index in [1.165, 1.54) is 0 Å². The van der Waals surface area contributed by atoms with E-state index in [2.05, 4.69) is 18.7 Å². The first-order chi connectivity index (χ1) is 9.97. The van der Waals surface area contributed by atoms with E-state index in [4.69, 9.17) is 4.74 Å². The van der Waals surface area contributed by atoms with Crippen LogP contribution in [0.15, 0.2) is 30.3 Å². The van der Waals surface area contributed by atoms with Gasteiger partial charge in [-0.15, -0.1) is 0 Å². The van der Waals surface area contributed by atoms with Gasteiger partial charge in [0.15, 0.2) is 0 Å². The molecule has 0 spiro atoms. The molecule has 3 heteroatoms. The molecular weight excluding hydrogens is 262 g/mol. The zero-order valence-corrected chi connectivity index (χ0v) is 13.2. The minimum atomic E-state index is -0.665. The number of ether oxygens (including phenoxy) is 1. The molecule has 0 aromatic heterocycles. The van der Waals surface area contributed by atoms with Crippen LogP contribution in [0, 0.1) is 5.92 Å². The van der Waals surface area contributed by atoms with Gasteiger partial charge >= 0.3 is 0 Å². The van der Waals surface area contributed by atoms with E-state index >= 15 is 0 Å². The highest BCUT2D eigenvalue weighted by atomic mass is 16.5. The molecule has 1 aromatic carbocycles. The fraction of sp³-hybridized carbons (Fsp3) is 0.667. The Hall–Kier alpha value is -0.900. The van der Waals surface area contributed by atoms with E-state index in [0.29, 0.717) is 5.92 Å². The zero-order valence-electron chi connectivity index (χ0n) is 13.2. The molecule has 0 unspecified atom stereocenters. The van der Waals surface area contributed by atoms with Gasteiger partial charge in [-0.25, -0.2) is 0 Å². The Kier molecular flexibility index (Phi) is 4.08. The van der Waals surface area contributed by atoms with Crippen LogP contribution in [-0.2, 0) is 10.3 Å². The second kappa shape index (κ2) is 5.71. The first-order valence-electron chi connectivity index (χ1n) is 8.11. The first kappa shape index (κ1) is 15.0. The molecule has 0 radical (unpaired) electrons. The van der Waals surface area contributed by atoms with Crippen LogP contribution < -0.4 is 0 Å². The maximum Gasteiger partial charge on any atom is 0.103 e. The van der Waals surface area contributed by atoms with Crippen LogP contribution in [0.1, 0.15) is 38.7 Å². The molecule has 0 amide bonds. The minimum Gasteiger partial charge on any atom is -0.384 e. The molecule has 2 aliphatic rings. The molecule has 0 aliphatic carbocycles. The van der Waals surface area contributed by atoms with Gasteiger partial charge in [-0.3, -0.25) is 4.90 Å². The average molecular weight is 289 g/mol. The van der Waals surface area contributed by atoms with Crippen molar-refractivity contribution in [1.82, 2.24) is 4.90 Å². The first-order valence-corrected chi connectivity index (χ1v) is 8.11. The standard InChI is InChI=1S/C18H27NO2/c1-17(2)12-15(8-11-21-17)13-19-10-9-18(20,14-19)16-6-4-3-5-7-16/h3-7,15,20H,8-14H2,1-2H3/t15-,18-/m0/s1. The molecule has 21 heavy (non-hydrogen) atoms. The minimum absolute atomic E-state index is 0.0123. The lowest BCUT2D eigenvalue weighted by Gasteiger charge is -2.37. The van der Waals surface area contributed by atoms with Crippen molar-refractivity contribution < 1.29 is 9.84 Å². The largest absolute Gasteiger partial charge is 0.384 e. The lowest BCUT2D eigenvalue weighted by molar-refractivity contribution is -0.0768. The summed E-state index contributed by atoms with van der Waals surface area (Å²) in [4.78, 5) is 2.43. The maximum atomic E-state index is 10.9. The van der Waals surface area contributed by atoms with E-state index in [0.717, 1.165) is 51.1 Å². The molecule has 0 bridgehead atoms. The van der Waals surface area contributed by atoms with Gasteiger partial charge in [0.1, 0.15) is 5.60 Å². The van der Waals surface area contributed by atoms with Crippen LogP contribution in [0.4, 0.5) is 0 Å². The summed E-state index contributed by atoms with van der Waals surface area (Å²) >= 11 is 0. The third-order valence-corrected chi connectivity index (χ3v) is 4.95. The number of benzene rings is 1. The SMILES string of the molecule is CC1(C)C[C@@H](CN2CC[C@@](O)(c3ccccc3)C2)CCO1. The molecule has 2 saturated heterocycles. The Bertz CT molecular complexity index is 473. The van der Waals surface area contributed by atoms with Crippen LogP contribution in [0.5, 0.6) is 0 Å². The summed E-state index contributed by atoms with van der Waals surface area (Å²) in [7, 11) is 0. The van der Waals surface area contributed by atoms with E-state index in [9.17, 15) is 5.11 Å². The number of likely N-dealkylation sites (tertiary alicyclic amines) is 1. The van der Waals surface area contributed by atoms with Gasteiger partial charge in [0.25, 0.3) is 0 Å². The average Bonchev–Trinajstić information content (AvgIpc) is 2.81. The van der Waals surface area contributed by atoms with Crippen molar-refractivity contribution in [3.8, 4) is 0 Å². The van der Waals surface area contributed by atoms with Gasteiger partial charge in [-0.1, -0.05) is 30.3 Å². The van der Waals surface area contributed by atoms with Crippen LogP contribution in [0.2, 0.25) is 0 Å². The number of β-amino-alcohol motifs (C(OH)–C–C–N with tert-alkyl or cyclic N) is 1. The zero-order chi connectivity index (χ0) is 14.9. The number of hydrogen-bond donors (Lipinski definition) is 1. The predicted octanol–water partition coefficient (Wildman–Crippen LogP) is 2.79. The van der Waals surface area contributed by atoms with E-state index in [1.54, 1.807) is 0 Å². The smallest absolute Gasteiger partial charge is 0.103 e. The summed E-state index contributed by atoms with van der Waals surface area (Å²) in [5.74, 6) is 0.687. The van der Waals surface area contributed by atoms with E-state index in [1.807, 2.05) is 30.3 Å². The lowest BCUT2D eigenvalue weighted by atomic mass is 9.88. The van der Waals surface area contributed by atoms with Crippen molar-refractivity contribution in [2.24, 2.45) is 5.92 Å². The molecule has 3 nitrogen and oxygen atoms in total. The quantitative estimate of drug-likeness (QED) is 0.929. The van der Waals surface area contributed by atoms with Crippen molar-refractivity contribution in [3.63, 3.8) is 0 Å². The summed E-state index contributed by atoms with van der Waals surface area (Å²) in [5.41, 5.74) is 0.403. The summed E-state index contributed by atoms with van der Waals surface area (Å²) < 4.78 is 5.80. The van der Waals surface area contributed by atoms with Gasteiger partial charge < -0.3 is 9.84 Å². The molecule has 0 saturated carbocycles. The lowest BCUT2D eigenvalue weighted by Crippen LogP contribution is -2.40. The van der Waals surface area contributed by atoms with Gasteiger partial charge in [0, 0.05) is 26.2 Å². The Morgan fingerprint density at radius 1 is 1.29 bits per heavy atom. The van der Waals surface area contributed by atoms with Crippen molar-refractivity contribution in [2.75, 3.05) is 26.2 Å². The summed E-state index contributed by atoms with van der Waals surface area (Å²) in [6.45, 7) is 8.07. The molecule has 2 aliphatic heterocycles. The van der Waals surface area contributed by atoms with Gasteiger partial charge in [-0.2, -0.15) is 0 Å². The van der Waals surface area contributed by atoms with Crippen LogP contribution in [0.25, 0.3) is 0 Å². The molecule has 116 valence electrons. The van der Waals surface area contributed by atoms with Crippen LogP contribution in [-0.4, -0.2) is 41.8 Å². The van der Waals surface area contributed by atoms with Crippen LogP contribution in [0.3, 0.4) is 0 Å². The number of aliphatic hydroxyl groups is 1. The molecule has 2 heterocycles. The third kappa shape index (κ3) is 3.47. The van der Waals surface area contributed by atoms with Gasteiger partial charge in [0.05, 0.1) is 5.60 Å². The third-order valence-electron chi connectivity index (χ3n) is 4.95. The van der Waals surface area contributed by atoms with Crippen LogP contribution >= 0.6 is 0 Å². The highest BCUT2D eigenvalue weighted by molar-refractivity contribution is 5.24. The molecule has 1 aromatic rings. The number of nitrogens with zero attached hydrogens (tertiary/aromatic N) is 1. The number of hydrogen-bond acceptors (Lipinski definition) is 3. The Morgan fingerprint density at radius 3 is 2.76 bits per heavy atom. The van der Waals surface area contributed by atoms with Crippen molar-refractivity contribution in [1.29, 1.82) is 0 Å².